The van der Waals surface area contributed by atoms with Gasteiger partial charge in [-0.2, -0.15) is 0 Å². The molecule has 0 radical (unpaired) electrons. The molecule has 0 bridgehead atoms. The van der Waals surface area contributed by atoms with E-state index in [0.717, 1.165) is 35.5 Å². The third-order valence-corrected chi connectivity index (χ3v) is 6.62. The topological polar surface area (TPSA) is 111 Å². The number of hydrogen-bond acceptors (Lipinski definition) is 7. The largest absolute Gasteiger partial charge is 0.493 e. The van der Waals surface area contributed by atoms with Gasteiger partial charge in [0, 0.05) is 12.4 Å². The summed E-state index contributed by atoms with van der Waals surface area (Å²) in [5, 5.41) is 8.33. The number of nitrogens with one attached hydrogen (secondary N) is 2. The van der Waals surface area contributed by atoms with Crippen molar-refractivity contribution < 1.29 is 14.2 Å². The molecule has 0 saturated heterocycles. The lowest BCUT2D eigenvalue weighted by Crippen LogP contribution is -2.23. The van der Waals surface area contributed by atoms with Gasteiger partial charge in [0.05, 0.1) is 32.7 Å². The Morgan fingerprint density at radius 3 is 2.61 bits per heavy atom. The Bertz CT molecular complexity index is 1390. The third-order valence-electron chi connectivity index (χ3n) is 6.62. The Kier molecular flexibility index (Phi) is 6.73. The van der Waals surface area contributed by atoms with Crippen LogP contribution in [0.15, 0.2) is 49.1 Å². The minimum atomic E-state index is -0.699. The molecule has 1 aliphatic rings. The molecule has 1 saturated carbocycles. The summed E-state index contributed by atoms with van der Waals surface area (Å²) in [6, 6.07) is 9.83. The number of aromatic nitrogens is 5. The van der Waals surface area contributed by atoms with Gasteiger partial charge in [0.1, 0.15) is 16.9 Å². The summed E-state index contributed by atoms with van der Waals surface area (Å²) in [5.74, 6) is 2.13. The quantitative estimate of drug-likeness (QED) is 0.360. The molecule has 3 aromatic heterocycles. The summed E-state index contributed by atoms with van der Waals surface area (Å²) in [6.45, 7) is 4.87. The molecule has 5 rings (SSSR count). The van der Waals surface area contributed by atoms with E-state index in [4.69, 9.17) is 24.6 Å². The van der Waals surface area contributed by atoms with Crippen molar-refractivity contribution in [2.24, 2.45) is 0 Å². The van der Waals surface area contributed by atoms with Crippen LogP contribution in [0.2, 0.25) is 0 Å². The number of hydrogen-bond donors (Lipinski definition) is 2. The van der Waals surface area contributed by atoms with Crippen LogP contribution < -0.4 is 15.0 Å². The molecule has 0 amide bonds. The van der Waals surface area contributed by atoms with E-state index in [1.165, 1.54) is 12.8 Å². The number of benzene rings is 1. The van der Waals surface area contributed by atoms with Crippen molar-refractivity contribution in [3.8, 4) is 11.5 Å². The molecular formula is C27H32N6O3. The zero-order valence-corrected chi connectivity index (χ0v) is 21.0. The second-order valence-electron chi connectivity index (χ2n) is 9.67. The second kappa shape index (κ2) is 10.1. The van der Waals surface area contributed by atoms with Gasteiger partial charge in [0.15, 0.2) is 22.6 Å². The van der Waals surface area contributed by atoms with Crippen LogP contribution in [-0.4, -0.2) is 37.7 Å². The Morgan fingerprint density at radius 1 is 1.08 bits per heavy atom. The van der Waals surface area contributed by atoms with Gasteiger partial charge in [-0.1, -0.05) is 6.07 Å². The molecular weight excluding hydrogens is 456 g/mol. The van der Waals surface area contributed by atoms with Crippen LogP contribution in [0.3, 0.4) is 0 Å². The van der Waals surface area contributed by atoms with Crippen molar-refractivity contribution in [3.05, 3.63) is 71.5 Å². The van der Waals surface area contributed by atoms with E-state index in [9.17, 15) is 0 Å². The second-order valence-corrected chi connectivity index (χ2v) is 9.67. The normalized spacial score (nSPS) is 14.4. The van der Waals surface area contributed by atoms with E-state index in [1.807, 2.05) is 48.7 Å². The van der Waals surface area contributed by atoms with E-state index in [-0.39, 0.29) is 11.6 Å². The Hall–Kier alpha value is -3.72. The van der Waals surface area contributed by atoms with E-state index < -0.39 is 5.60 Å². The van der Waals surface area contributed by atoms with E-state index in [2.05, 4.69) is 15.0 Å². The highest BCUT2D eigenvalue weighted by Gasteiger charge is 2.27. The van der Waals surface area contributed by atoms with Gasteiger partial charge in [-0.25, -0.2) is 9.97 Å². The first kappa shape index (κ1) is 24.0. The maximum absolute atomic E-state index is 8.33. The molecule has 2 N–H and O–H groups in total. The van der Waals surface area contributed by atoms with Crippen LogP contribution in [0.5, 0.6) is 11.5 Å². The van der Waals surface area contributed by atoms with Crippen LogP contribution in [0.4, 0.5) is 0 Å². The summed E-state index contributed by atoms with van der Waals surface area (Å²) < 4.78 is 19.9. The standard InChI is InChI=1S/C27H32N6O3/c1-27(2,35-16-18-10-12-29-13-11-18)26-31-23-24(28)30-17-33(25(23)32-26)15-19-8-9-21(34-3)22(14-19)36-20-6-4-5-7-20/h8-14,17,20,28H,4-7,15-16H2,1-3H3,(H,31,32). The third kappa shape index (κ3) is 5.11. The number of nitrogens with zero attached hydrogens (tertiary/aromatic N) is 4. The zero-order chi connectivity index (χ0) is 25.1. The highest BCUT2D eigenvalue weighted by Crippen LogP contribution is 2.33. The predicted octanol–water partition coefficient (Wildman–Crippen LogP) is 4.46. The first-order valence-electron chi connectivity index (χ1n) is 12.3. The lowest BCUT2D eigenvalue weighted by atomic mass is 10.1. The number of methoxy groups -OCH3 is 1. The van der Waals surface area contributed by atoms with E-state index in [1.54, 1.807) is 25.8 Å². The summed E-state index contributed by atoms with van der Waals surface area (Å²) in [5.41, 5.74) is 2.73. The number of aromatic amines is 1. The van der Waals surface area contributed by atoms with Gasteiger partial charge in [-0.3, -0.25) is 10.4 Å². The van der Waals surface area contributed by atoms with Gasteiger partial charge < -0.3 is 23.8 Å². The molecule has 0 aliphatic heterocycles. The van der Waals surface area contributed by atoms with Gasteiger partial charge >= 0.3 is 0 Å². The molecule has 9 nitrogen and oxygen atoms in total. The lowest BCUT2D eigenvalue weighted by Gasteiger charge is -2.22. The highest BCUT2D eigenvalue weighted by atomic mass is 16.5. The van der Waals surface area contributed by atoms with Crippen LogP contribution in [-0.2, 0) is 23.5 Å². The summed E-state index contributed by atoms with van der Waals surface area (Å²) in [4.78, 5) is 16.5. The number of ether oxygens (including phenoxy) is 3. The van der Waals surface area contributed by atoms with Crippen LogP contribution in [0, 0.1) is 5.41 Å². The molecule has 1 aromatic carbocycles. The molecule has 36 heavy (non-hydrogen) atoms. The molecule has 0 unspecified atom stereocenters. The highest BCUT2D eigenvalue weighted by molar-refractivity contribution is 5.69. The molecule has 0 spiro atoms. The Morgan fingerprint density at radius 2 is 1.86 bits per heavy atom. The SMILES string of the molecule is COc1ccc(Cn2cnc(=N)c3[nH]c(C(C)(C)OCc4ccncc4)nc32)cc1OC1CCCC1. The number of imidazole rings is 1. The molecule has 3 heterocycles. The minimum absolute atomic E-state index is 0.143. The van der Waals surface area contributed by atoms with Crippen LogP contribution >= 0.6 is 0 Å². The van der Waals surface area contributed by atoms with Crippen molar-refractivity contribution in [1.82, 2.24) is 24.5 Å². The predicted molar refractivity (Wildman–Crippen MR) is 135 cm³/mol. The Balaban J connectivity index is 1.41. The van der Waals surface area contributed by atoms with Crippen molar-refractivity contribution in [1.29, 1.82) is 5.41 Å². The van der Waals surface area contributed by atoms with E-state index in [0.29, 0.717) is 30.1 Å². The van der Waals surface area contributed by atoms with Crippen molar-refractivity contribution in [3.63, 3.8) is 0 Å². The van der Waals surface area contributed by atoms with Crippen LogP contribution in [0.1, 0.15) is 56.5 Å². The van der Waals surface area contributed by atoms with Crippen molar-refractivity contribution in [2.75, 3.05) is 7.11 Å². The smallest absolute Gasteiger partial charge is 0.173 e. The summed E-state index contributed by atoms with van der Waals surface area (Å²) in [7, 11) is 1.66. The fraction of sp³-hybridized carbons (Fsp3) is 0.407. The molecule has 0 atom stereocenters. The molecule has 4 aromatic rings. The fourth-order valence-corrected chi connectivity index (χ4v) is 4.49. The van der Waals surface area contributed by atoms with Crippen molar-refractivity contribution >= 4 is 11.2 Å². The fourth-order valence-electron chi connectivity index (χ4n) is 4.49. The first-order chi connectivity index (χ1) is 17.4. The maximum atomic E-state index is 8.33. The van der Waals surface area contributed by atoms with Gasteiger partial charge in [0.2, 0.25) is 0 Å². The van der Waals surface area contributed by atoms with Crippen LogP contribution in [0.25, 0.3) is 11.2 Å². The molecule has 1 aliphatic carbocycles. The molecule has 188 valence electrons. The first-order valence-corrected chi connectivity index (χ1v) is 12.3. The average molecular weight is 489 g/mol. The van der Waals surface area contributed by atoms with Crippen molar-refractivity contribution in [2.45, 2.75) is 64.4 Å². The number of H-pyrrole nitrogens is 1. The minimum Gasteiger partial charge on any atom is -0.493 e. The maximum Gasteiger partial charge on any atom is 0.173 e. The summed E-state index contributed by atoms with van der Waals surface area (Å²) in [6.07, 6.45) is 9.95. The zero-order valence-electron chi connectivity index (χ0n) is 21.0. The monoisotopic (exact) mass is 488 g/mol. The summed E-state index contributed by atoms with van der Waals surface area (Å²) >= 11 is 0. The van der Waals surface area contributed by atoms with Gasteiger partial charge in [0.25, 0.3) is 0 Å². The van der Waals surface area contributed by atoms with E-state index >= 15 is 0 Å². The van der Waals surface area contributed by atoms with Gasteiger partial charge in [-0.05, 0) is 74.9 Å². The lowest BCUT2D eigenvalue weighted by molar-refractivity contribution is -0.0393. The Labute approximate surface area is 210 Å². The number of rotatable bonds is 9. The van der Waals surface area contributed by atoms with Gasteiger partial charge in [-0.15, -0.1) is 0 Å². The average Bonchev–Trinajstić information content (AvgIpc) is 3.57. The molecule has 9 heteroatoms. The molecule has 1 fully saturated rings. The number of pyridine rings is 1. The number of fused-ring (bicyclic) bond motifs is 1.